The van der Waals surface area contributed by atoms with Gasteiger partial charge in [-0.15, -0.1) is 0 Å². The topological polar surface area (TPSA) is 29.9 Å². The normalized spacial score (nSPS) is 25.0. The fourth-order valence-corrected chi connectivity index (χ4v) is 2.96. The third-order valence-electron chi connectivity index (χ3n) is 4.20. The van der Waals surface area contributed by atoms with Crippen molar-refractivity contribution in [3.05, 3.63) is 18.0 Å². The molecule has 0 amide bonds. The first kappa shape index (κ1) is 13.6. The van der Waals surface area contributed by atoms with E-state index in [1.54, 1.807) is 0 Å². The van der Waals surface area contributed by atoms with Gasteiger partial charge < -0.3 is 5.32 Å². The predicted molar refractivity (Wildman–Crippen MR) is 75.6 cm³/mol. The second-order valence-electron chi connectivity index (χ2n) is 5.71. The summed E-state index contributed by atoms with van der Waals surface area (Å²) in [5.74, 6) is 0.977. The zero-order valence-corrected chi connectivity index (χ0v) is 11.9. The van der Waals surface area contributed by atoms with E-state index in [0.29, 0.717) is 0 Å². The Kier molecular flexibility index (Phi) is 5.24. The molecule has 1 fully saturated rings. The van der Waals surface area contributed by atoms with Crippen LogP contribution >= 0.6 is 0 Å². The first-order valence-corrected chi connectivity index (χ1v) is 7.50. The molecule has 1 aliphatic rings. The van der Waals surface area contributed by atoms with Crippen LogP contribution in [0.4, 0.5) is 0 Å². The van der Waals surface area contributed by atoms with Crippen molar-refractivity contribution in [3.8, 4) is 0 Å². The van der Waals surface area contributed by atoms with Gasteiger partial charge in [-0.3, -0.25) is 4.68 Å². The van der Waals surface area contributed by atoms with E-state index < -0.39 is 0 Å². The summed E-state index contributed by atoms with van der Waals surface area (Å²) in [5, 5.41) is 8.02. The van der Waals surface area contributed by atoms with Gasteiger partial charge in [0.25, 0.3) is 0 Å². The zero-order chi connectivity index (χ0) is 12.8. The first-order chi connectivity index (χ1) is 8.78. The van der Waals surface area contributed by atoms with Crippen LogP contribution < -0.4 is 5.32 Å². The number of nitrogens with zero attached hydrogens (tertiary/aromatic N) is 2. The molecule has 0 spiro atoms. The Balaban J connectivity index is 1.67. The average molecular weight is 249 g/mol. The van der Waals surface area contributed by atoms with Crippen molar-refractivity contribution >= 4 is 0 Å². The molecule has 1 N–H and O–H groups in total. The molecule has 1 heterocycles. The van der Waals surface area contributed by atoms with Gasteiger partial charge in [0, 0.05) is 18.8 Å². The molecule has 1 aliphatic carbocycles. The summed E-state index contributed by atoms with van der Waals surface area (Å²) < 4.78 is 2.04. The Hall–Kier alpha value is -0.830. The van der Waals surface area contributed by atoms with Gasteiger partial charge >= 0.3 is 0 Å². The highest BCUT2D eigenvalue weighted by Gasteiger charge is 2.16. The van der Waals surface area contributed by atoms with E-state index in [2.05, 4.69) is 30.5 Å². The molecule has 0 bridgehead atoms. The molecule has 2 atom stereocenters. The van der Waals surface area contributed by atoms with Crippen molar-refractivity contribution in [2.24, 2.45) is 5.92 Å². The second-order valence-corrected chi connectivity index (χ2v) is 5.71. The molecule has 2 unspecified atom stereocenters. The Morgan fingerprint density at radius 2 is 2.22 bits per heavy atom. The van der Waals surface area contributed by atoms with E-state index in [0.717, 1.165) is 25.0 Å². The smallest absolute Gasteiger partial charge is 0.0534 e. The zero-order valence-electron chi connectivity index (χ0n) is 11.9. The average Bonchev–Trinajstić information content (AvgIpc) is 2.65. The summed E-state index contributed by atoms with van der Waals surface area (Å²) in [6.45, 7) is 6.45. The number of nitrogens with one attached hydrogen (secondary N) is 1. The molecule has 0 saturated heterocycles. The van der Waals surface area contributed by atoms with Crippen LogP contribution in [0, 0.1) is 12.8 Å². The van der Waals surface area contributed by atoms with Gasteiger partial charge in [-0.2, -0.15) is 5.10 Å². The monoisotopic (exact) mass is 249 g/mol. The highest BCUT2D eigenvalue weighted by molar-refractivity contribution is 4.99. The minimum Gasteiger partial charge on any atom is -0.312 e. The maximum Gasteiger partial charge on any atom is 0.0534 e. The summed E-state index contributed by atoms with van der Waals surface area (Å²) in [6, 6.07) is 0.734. The Morgan fingerprint density at radius 1 is 1.33 bits per heavy atom. The molecule has 0 aromatic carbocycles. The van der Waals surface area contributed by atoms with Crippen LogP contribution in [-0.2, 0) is 6.54 Å². The minimum atomic E-state index is 0.734. The molecule has 1 aromatic heterocycles. The number of hydrogen-bond donors (Lipinski definition) is 1. The van der Waals surface area contributed by atoms with Crippen LogP contribution in [0.2, 0.25) is 0 Å². The van der Waals surface area contributed by atoms with Gasteiger partial charge in [-0.05, 0) is 37.7 Å². The molecule has 0 radical (unpaired) electrons. The van der Waals surface area contributed by atoms with Crippen LogP contribution in [0.5, 0.6) is 0 Å². The molecule has 3 nitrogen and oxygen atoms in total. The van der Waals surface area contributed by atoms with Gasteiger partial charge in [-0.25, -0.2) is 0 Å². The lowest BCUT2D eigenvalue weighted by Gasteiger charge is -2.16. The number of rotatable bonds is 5. The highest BCUT2D eigenvalue weighted by atomic mass is 15.3. The van der Waals surface area contributed by atoms with Gasteiger partial charge in [0.15, 0.2) is 0 Å². The van der Waals surface area contributed by atoms with E-state index in [1.807, 2.05) is 10.9 Å². The Bertz CT molecular complexity index is 345. The summed E-state index contributed by atoms with van der Waals surface area (Å²) in [7, 11) is 0. The van der Waals surface area contributed by atoms with Crippen molar-refractivity contribution in [3.63, 3.8) is 0 Å². The molecule has 1 aromatic rings. The number of aryl methyl sites for hydroxylation is 1. The standard InChI is InChI=1S/C15H27N3/c1-3-14-5-4-6-15(8-7-14)16-9-10-18-12-13(2)11-17-18/h11-12,14-16H,3-10H2,1-2H3. The van der Waals surface area contributed by atoms with E-state index in [4.69, 9.17) is 0 Å². The van der Waals surface area contributed by atoms with Crippen LogP contribution in [-0.4, -0.2) is 22.4 Å². The van der Waals surface area contributed by atoms with Gasteiger partial charge in [0.2, 0.25) is 0 Å². The summed E-state index contributed by atoms with van der Waals surface area (Å²) in [5.41, 5.74) is 1.25. The van der Waals surface area contributed by atoms with E-state index >= 15 is 0 Å². The second kappa shape index (κ2) is 6.93. The third-order valence-corrected chi connectivity index (χ3v) is 4.20. The lowest BCUT2D eigenvalue weighted by atomic mass is 9.98. The quantitative estimate of drug-likeness (QED) is 0.812. The molecular formula is C15H27N3. The Labute approximate surface area is 111 Å². The van der Waals surface area contributed by atoms with E-state index in [-0.39, 0.29) is 0 Å². The lowest BCUT2D eigenvalue weighted by molar-refractivity contribution is 0.416. The van der Waals surface area contributed by atoms with Crippen molar-refractivity contribution in [1.82, 2.24) is 15.1 Å². The number of aromatic nitrogens is 2. The predicted octanol–water partition coefficient (Wildman–Crippen LogP) is 3.14. The fraction of sp³-hybridized carbons (Fsp3) is 0.800. The summed E-state index contributed by atoms with van der Waals surface area (Å²) in [4.78, 5) is 0. The van der Waals surface area contributed by atoms with Gasteiger partial charge in [0.05, 0.1) is 12.7 Å². The van der Waals surface area contributed by atoms with Crippen LogP contribution in [0.3, 0.4) is 0 Å². The maximum atomic E-state index is 4.32. The molecule has 102 valence electrons. The lowest BCUT2D eigenvalue weighted by Crippen LogP contribution is -2.31. The molecule has 18 heavy (non-hydrogen) atoms. The van der Waals surface area contributed by atoms with E-state index in [9.17, 15) is 0 Å². The number of hydrogen-bond acceptors (Lipinski definition) is 2. The first-order valence-electron chi connectivity index (χ1n) is 7.50. The Morgan fingerprint density at radius 3 is 2.94 bits per heavy atom. The summed E-state index contributed by atoms with van der Waals surface area (Å²) >= 11 is 0. The van der Waals surface area contributed by atoms with Crippen molar-refractivity contribution < 1.29 is 0 Å². The van der Waals surface area contributed by atoms with E-state index in [1.165, 1.54) is 44.1 Å². The minimum absolute atomic E-state index is 0.734. The van der Waals surface area contributed by atoms with Crippen LogP contribution in [0.1, 0.15) is 51.0 Å². The van der Waals surface area contributed by atoms with Crippen molar-refractivity contribution in [1.29, 1.82) is 0 Å². The highest BCUT2D eigenvalue weighted by Crippen LogP contribution is 2.25. The summed E-state index contributed by atoms with van der Waals surface area (Å²) in [6.07, 6.45) is 12.4. The molecule has 3 heteroatoms. The van der Waals surface area contributed by atoms with Crippen molar-refractivity contribution in [2.75, 3.05) is 6.54 Å². The third kappa shape index (κ3) is 4.13. The largest absolute Gasteiger partial charge is 0.312 e. The molecule has 0 aliphatic heterocycles. The van der Waals surface area contributed by atoms with Gasteiger partial charge in [0.1, 0.15) is 0 Å². The maximum absolute atomic E-state index is 4.32. The molecule has 1 saturated carbocycles. The molecule has 2 rings (SSSR count). The molecular weight excluding hydrogens is 222 g/mol. The van der Waals surface area contributed by atoms with Crippen LogP contribution in [0.15, 0.2) is 12.4 Å². The fourth-order valence-electron chi connectivity index (χ4n) is 2.96. The van der Waals surface area contributed by atoms with Crippen LogP contribution in [0.25, 0.3) is 0 Å². The SMILES string of the molecule is CCC1CCCC(NCCn2cc(C)cn2)CC1. The van der Waals surface area contributed by atoms with Gasteiger partial charge in [-0.1, -0.05) is 26.2 Å². The van der Waals surface area contributed by atoms with Crippen molar-refractivity contribution in [2.45, 2.75) is 65.0 Å².